The van der Waals surface area contributed by atoms with Crippen LogP contribution in [0, 0.1) is 11.8 Å². The van der Waals surface area contributed by atoms with E-state index in [2.05, 4.69) is 12.2 Å². The molecule has 0 aromatic rings. The summed E-state index contributed by atoms with van der Waals surface area (Å²) in [5, 5.41) is 3.56. The lowest BCUT2D eigenvalue weighted by atomic mass is 10.0. The summed E-state index contributed by atoms with van der Waals surface area (Å²) in [6, 6.07) is 0. The van der Waals surface area contributed by atoms with Gasteiger partial charge in [0.2, 0.25) is 0 Å². The Bertz CT molecular complexity index is 117. The number of nitrogens with one attached hydrogen (secondary N) is 1. The minimum atomic E-state index is 0.807. The van der Waals surface area contributed by atoms with Gasteiger partial charge in [0.1, 0.15) is 0 Å². The van der Waals surface area contributed by atoms with Crippen LogP contribution in [0.1, 0.15) is 39.0 Å². The normalized spacial score (nSPS) is 18.9. The first kappa shape index (κ1) is 11.3. The Labute approximate surface area is 87.2 Å². The molecule has 0 aromatic heterocycles. The van der Waals surface area contributed by atoms with Crippen molar-refractivity contribution >= 4 is 11.6 Å². The fourth-order valence-electron chi connectivity index (χ4n) is 1.72. The van der Waals surface area contributed by atoms with E-state index in [-0.39, 0.29) is 0 Å². The third-order valence-corrected chi connectivity index (χ3v) is 3.00. The number of halogens is 1. The smallest absolute Gasteiger partial charge is 0.0226 e. The molecule has 0 spiro atoms. The van der Waals surface area contributed by atoms with Crippen LogP contribution in [0.5, 0.6) is 0 Å². The highest BCUT2D eigenvalue weighted by Crippen LogP contribution is 2.27. The molecule has 1 rings (SSSR count). The van der Waals surface area contributed by atoms with Gasteiger partial charge in [-0.05, 0) is 50.6 Å². The lowest BCUT2D eigenvalue weighted by Crippen LogP contribution is -2.25. The van der Waals surface area contributed by atoms with Crippen molar-refractivity contribution in [2.75, 3.05) is 19.0 Å². The average molecular weight is 204 g/mol. The van der Waals surface area contributed by atoms with Crippen LogP contribution < -0.4 is 5.32 Å². The Kier molecular flexibility index (Phi) is 5.81. The van der Waals surface area contributed by atoms with E-state index in [4.69, 9.17) is 11.6 Å². The van der Waals surface area contributed by atoms with Crippen LogP contribution in [0.25, 0.3) is 0 Å². The number of rotatable bonds is 8. The zero-order chi connectivity index (χ0) is 9.52. The van der Waals surface area contributed by atoms with Gasteiger partial charge in [-0.3, -0.25) is 0 Å². The van der Waals surface area contributed by atoms with Crippen LogP contribution in [0.4, 0.5) is 0 Å². The van der Waals surface area contributed by atoms with Crippen molar-refractivity contribution in [1.29, 1.82) is 0 Å². The van der Waals surface area contributed by atoms with Gasteiger partial charge in [-0.15, -0.1) is 11.6 Å². The molecule has 13 heavy (non-hydrogen) atoms. The summed E-state index contributed by atoms with van der Waals surface area (Å²) in [6.07, 6.45) is 6.67. The van der Waals surface area contributed by atoms with Crippen LogP contribution in [0.3, 0.4) is 0 Å². The van der Waals surface area contributed by atoms with E-state index in [1.807, 2.05) is 0 Å². The van der Waals surface area contributed by atoms with Gasteiger partial charge in [-0.1, -0.05) is 13.3 Å². The minimum absolute atomic E-state index is 0.807. The summed E-state index contributed by atoms with van der Waals surface area (Å²) in [4.78, 5) is 0. The molecule has 1 N–H and O–H groups in total. The number of hydrogen-bond acceptors (Lipinski definition) is 1. The molecule has 0 amide bonds. The molecule has 0 aliphatic heterocycles. The fraction of sp³-hybridized carbons (Fsp3) is 1.00. The molecule has 1 aliphatic rings. The van der Waals surface area contributed by atoms with Gasteiger partial charge in [0.05, 0.1) is 0 Å². The van der Waals surface area contributed by atoms with Crippen LogP contribution >= 0.6 is 11.6 Å². The van der Waals surface area contributed by atoms with Crippen molar-refractivity contribution in [3.63, 3.8) is 0 Å². The summed E-state index contributed by atoms with van der Waals surface area (Å²) in [6.45, 7) is 4.67. The predicted molar refractivity (Wildman–Crippen MR) is 59.3 cm³/mol. The highest BCUT2D eigenvalue weighted by atomic mass is 35.5. The highest BCUT2D eigenvalue weighted by Gasteiger charge is 2.20. The number of alkyl halides is 1. The summed E-state index contributed by atoms with van der Waals surface area (Å²) in [5.74, 6) is 2.62. The maximum Gasteiger partial charge on any atom is 0.0226 e. The first-order valence-electron chi connectivity index (χ1n) is 5.63. The molecule has 78 valence electrons. The maximum absolute atomic E-state index is 5.76. The Balaban J connectivity index is 1.98. The monoisotopic (exact) mass is 203 g/mol. The standard InChI is InChI=1S/C11H22ClN/c1-2-3-10(6-7-12)8-13-9-11-4-5-11/h10-11,13H,2-9H2,1H3. The van der Waals surface area contributed by atoms with Crippen molar-refractivity contribution < 1.29 is 0 Å². The van der Waals surface area contributed by atoms with Crippen LogP contribution in [-0.4, -0.2) is 19.0 Å². The maximum atomic E-state index is 5.76. The van der Waals surface area contributed by atoms with Gasteiger partial charge >= 0.3 is 0 Å². The van der Waals surface area contributed by atoms with E-state index in [9.17, 15) is 0 Å². The molecule has 1 aliphatic carbocycles. The molecule has 1 saturated carbocycles. The lowest BCUT2D eigenvalue weighted by Gasteiger charge is -2.15. The molecule has 0 heterocycles. The molecule has 0 bridgehead atoms. The Morgan fingerprint density at radius 3 is 2.69 bits per heavy atom. The van der Waals surface area contributed by atoms with Crippen LogP contribution in [0.15, 0.2) is 0 Å². The minimum Gasteiger partial charge on any atom is -0.316 e. The summed E-state index contributed by atoms with van der Waals surface area (Å²) in [5.41, 5.74) is 0. The van der Waals surface area contributed by atoms with Gasteiger partial charge in [0.15, 0.2) is 0 Å². The third kappa shape index (κ3) is 5.53. The second kappa shape index (κ2) is 6.67. The second-order valence-corrected chi connectivity index (χ2v) is 4.61. The van der Waals surface area contributed by atoms with Crippen LogP contribution in [-0.2, 0) is 0 Å². The van der Waals surface area contributed by atoms with E-state index >= 15 is 0 Å². The Morgan fingerprint density at radius 2 is 2.15 bits per heavy atom. The van der Waals surface area contributed by atoms with Crippen molar-refractivity contribution in [2.45, 2.75) is 39.0 Å². The van der Waals surface area contributed by atoms with Crippen molar-refractivity contribution in [2.24, 2.45) is 11.8 Å². The molecule has 1 atom stereocenters. The Morgan fingerprint density at radius 1 is 1.38 bits per heavy atom. The molecule has 0 aromatic carbocycles. The average Bonchev–Trinajstić information content (AvgIpc) is 2.89. The predicted octanol–water partition coefficient (Wildman–Crippen LogP) is 3.03. The highest BCUT2D eigenvalue weighted by molar-refractivity contribution is 6.17. The summed E-state index contributed by atoms with van der Waals surface area (Å²) < 4.78 is 0. The zero-order valence-corrected chi connectivity index (χ0v) is 9.45. The third-order valence-electron chi connectivity index (χ3n) is 2.78. The largest absolute Gasteiger partial charge is 0.316 e. The van der Waals surface area contributed by atoms with Gasteiger partial charge in [0, 0.05) is 5.88 Å². The van der Waals surface area contributed by atoms with Crippen molar-refractivity contribution in [3.05, 3.63) is 0 Å². The molecule has 0 radical (unpaired) electrons. The molecule has 1 fully saturated rings. The fourth-order valence-corrected chi connectivity index (χ4v) is 2.03. The van der Waals surface area contributed by atoms with E-state index in [1.165, 1.54) is 45.2 Å². The van der Waals surface area contributed by atoms with E-state index in [0.717, 1.165) is 17.7 Å². The molecular weight excluding hydrogens is 182 g/mol. The quantitative estimate of drug-likeness (QED) is 0.598. The van der Waals surface area contributed by atoms with E-state index in [1.54, 1.807) is 0 Å². The zero-order valence-electron chi connectivity index (χ0n) is 8.69. The van der Waals surface area contributed by atoms with E-state index < -0.39 is 0 Å². The van der Waals surface area contributed by atoms with Gasteiger partial charge in [-0.25, -0.2) is 0 Å². The van der Waals surface area contributed by atoms with Crippen molar-refractivity contribution in [1.82, 2.24) is 5.32 Å². The van der Waals surface area contributed by atoms with Crippen molar-refractivity contribution in [3.8, 4) is 0 Å². The lowest BCUT2D eigenvalue weighted by molar-refractivity contribution is 0.427. The SMILES string of the molecule is CCCC(CCCl)CNCC1CC1. The van der Waals surface area contributed by atoms with Gasteiger partial charge in [-0.2, -0.15) is 0 Å². The molecular formula is C11H22ClN. The second-order valence-electron chi connectivity index (χ2n) is 4.23. The first-order chi connectivity index (χ1) is 6.36. The first-order valence-corrected chi connectivity index (χ1v) is 6.17. The van der Waals surface area contributed by atoms with Gasteiger partial charge < -0.3 is 5.32 Å². The molecule has 2 heteroatoms. The topological polar surface area (TPSA) is 12.0 Å². The number of hydrogen-bond donors (Lipinski definition) is 1. The van der Waals surface area contributed by atoms with Gasteiger partial charge in [0.25, 0.3) is 0 Å². The summed E-state index contributed by atoms with van der Waals surface area (Å²) in [7, 11) is 0. The Hall–Kier alpha value is 0.250. The summed E-state index contributed by atoms with van der Waals surface area (Å²) >= 11 is 5.76. The molecule has 0 saturated heterocycles. The van der Waals surface area contributed by atoms with E-state index in [0.29, 0.717) is 0 Å². The molecule has 1 nitrogen and oxygen atoms in total. The molecule has 1 unspecified atom stereocenters. The van der Waals surface area contributed by atoms with Crippen LogP contribution in [0.2, 0.25) is 0 Å².